The van der Waals surface area contributed by atoms with Crippen LogP contribution >= 0.6 is 0 Å². The Balaban J connectivity index is 1.88. The molecule has 1 aromatic carbocycles. The molecule has 0 bridgehead atoms. The molecule has 0 radical (unpaired) electrons. The summed E-state index contributed by atoms with van der Waals surface area (Å²) in [5.41, 5.74) is 2.52. The lowest BCUT2D eigenvalue weighted by molar-refractivity contribution is 0.556. The van der Waals surface area contributed by atoms with E-state index >= 15 is 0 Å². The molecule has 0 aliphatic carbocycles. The van der Waals surface area contributed by atoms with Crippen molar-refractivity contribution in [2.75, 3.05) is 23.9 Å². The molecule has 0 spiro atoms. The summed E-state index contributed by atoms with van der Waals surface area (Å²) in [6.07, 6.45) is 6.09. The SMILES string of the molecule is CN1c2ccccc2N(C)C1/C=C/c1ccco1. The van der Waals surface area contributed by atoms with Gasteiger partial charge in [0.05, 0.1) is 17.6 Å². The second-order valence-electron chi connectivity index (χ2n) is 4.50. The highest BCUT2D eigenvalue weighted by Crippen LogP contribution is 2.37. The maximum atomic E-state index is 5.32. The van der Waals surface area contributed by atoms with Crippen molar-refractivity contribution in [2.24, 2.45) is 0 Å². The molecular formula is C15H16N2O. The van der Waals surface area contributed by atoms with E-state index in [4.69, 9.17) is 4.42 Å². The van der Waals surface area contributed by atoms with Crippen molar-refractivity contribution in [3.63, 3.8) is 0 Å². The van der Waals surface area contributed by atoms with E-state index in [2.05, 4.69) is 54.2 Å². The van der Waals surface area contributed by atoms with Crippen LogP contribution < -0.4 is 9.80 Å². The van der Waals surface area contributed by atoms with Gasteiger partial charge in [-0.15, -0.1) is 0 Å². The summed E-state index contributed by atoms with van der Waals surface area (Å²) in [6.45, 7) is 0. The summed E-state index contributed by atoms with van der Waals surface area (Å²) in [7, 11) is 4.22. The fraction of sp³-hybridized carbons (Fsp3) is 0.200. The monoisotopic (exact) mass is 240 g/mol. The number of anilines is 2. The Morgan fingerprint density at radius 2 is 1.67 bits per heavy atom. The molecule has 2 heterocycles. The van der Waals surface area contributed by atoms with Crippen LogP contribution in [-0.2, 0) is 0 Å². The van der Waals surface area contributed by atoms with Gasteiger partial charge in [-0.25, -0.2) is 0 Å². The first kappa shape index (κ1) is 11.0. The Morgan fingerprint density at radius 3 is 2.22 bits per heavy atom. The average Bonchev–Trinajstić information content (AvgIpc) is 2.98. The number of nitrogens with zero attached hydrogens (tertiary/aromatic N) is 2. The lowest BCUT2D eigenvalue weighted by atomic mass is 10.3. The van der Waals surface area contributed by atoms with Crippen LogP contribution in [0.1, 0.15) is 5.76 Å². The molecule has 1 aromatic heterocycles. The first-order valence-electron chi connectivity index (χ1n) is 6.04. The molecule has 3 rings (SSSR count). The van der Waals surface area contributed by atoms with Crippen LogP contribution in [0.25, 0.3) is 6.08 Å². The highest BCUT2D eigenvalue weighted by atomic mass is 16.3. The summed E-state index contributed by atoms with van der Waals surface area (Å²) in [5, 5.41) is 0. The summed E-state index contributed by atoms with van der Waals surface area (Å²) in [5.74, 6) is 0.882. The van der Waals surface area contributed by atoms with E-state index in [1.54, 1.807) is 6.26 Å². The molecule has 0 saturated heterocycles. The number of benzene rings is 1. The Hall–Kier alpha value is -2.16. The maximum absolute atomic E-state index is 5.32. The first-order chi connectivity index (χ1) is 8.77. The minimum absolute atomic E-state index is 0.229. The largest absolute Gasteiger partial charge is 0.465 e. The molecule has 0 fully saturated rings. The molecule has 1 aliphatic rings. The van der Waals surface area contributed by atoms with Crippen molar-refractivity contribution < 1.29 is 4.42 Å². The maximum Gasteiger partial charge on any atom is 0.126 e. The van der Waals surface area contributed by atoms with E-state index in [0.29, 0.717) is 0 Å². The fourth-order valence-electron chi connectivity index (χ4n) is 2.43. The Bertz CT molecular complexity index is 531. The van der Waals surface area contributed by atoms with Crippen molar-refractivity contribution >= 4 is 17.5 Å². The molecule has 0 amide bonds. The Morgan fingerprint density at radius 1 is 1.00 bits per heavy atom. The fourth-order valence-corrected chi connectivity index (χ4v) is 2.43. The van der Waals surface area contributed by atoms with Crippen LogP contribution in [0.3, 0.4) is 0 Å². The number of hydrogen-bond donors (Lipinski definition) is 0. The van der Waals surface area contributed by atoms with Gasteiger partial charge in [0, 0.05) is 14.1 Å². The molecule has 0 unspecified atom stereocenters. The van der Waals surface area contributed by atoms with Crippen LogP contribution in [0.5, 0.6) is 0 Å². The quantitative estimate of drug-likeness (QED) is 0.803. The van der Waals surface area contributed by atoms with Gasteiger partial charge in [0.25, 0.3) is 0 Å². The van der Waals surface area contributed by atoms with Crippen molar-refractivity contribution in [1.82, 2.24) is 0 Å². The molecular weight excluding hydrogens is 224 g/mol. The zero-order chi connectivity index (χ0) is 12.5. The van der Waals surface area contributed by atoms with Gasteiger partial charge in [-0.3, -0.25) is 0 Å². The summed E-state index contributed by atoms with van der Waals surface area (Å²) < 4.78 is 5.32. The van der Waals surface area contributed by atoms with Crippen molar-refractivity contribution in [3.8, 4) is 0 Å². The average molecular weight is 240 g/mol. The van der Waals surface area contributed by atoms with Crippen LogP contribution in [-0.4, -0.2) is 20.3 Å². The molecule has 18 heavy (non-hydrogen) atoms. The lowest BCUT2D eigenvalue weighted by Gasteiger charge is -2.24. The molecule has 3 nitrogen and oxygen atoms in total. The molecule has 92 valence electrons. The van der Waals surface area contributed by atoms with Crippen LogP contribution in [0.2, 0.25) is 0 Å². The normalized spacial score (nSPS) is 15.7. The molecule has 0 atom stereocenters. The number of hydrogen-bond acceptors (Lipinski definition) is 3. The van der Waals surface area contributed by atoms with Gasteiger partial charge in [-0.05, 0) is 36.4 Å². The minimum Gasteiger partial charge on any atom is -0.465 e. The van der Waals surface area contributed by atoms with E-state index in [-0.39, 0.29) is 6.17 Å². The van der Waals surface area contributed by atoms with Gasteiger partial charge in [0.15, 0.2) is 0 Å². The van der Waals surface area contributed by atoms with Crippen molar-refractivity contribution in [2.45, 2.75) is 6.17 Å². The van der Waals surface area contributed by atoms with Gasteiger partial charge in [0.1, 0.15) is 11.9 Å². The number of rotatable bonds is 2. The second-order valence-corrected chi connectivity index (χ2v) is 4.50. The number of fused-ring (bicyclic) bond motifs is 1. The molecule has 0 saturated carbocycles. The Kier molecular flexibility index (Phi) is 2.59. The first-order valence-corrected chi connectivity index (χ1v) is 6.04. The predicted octanol–water partition coefficient (Wildman–Crippen LogP) is 3.21. The standard InChI is InChI=1S/C15H16N2O/c1-16-13-7-3-4-8-14(13)17(2)15(16)10-9-12-6-5-11-18-12/h3-11,15H,1-2H3/b10-9+. The van der Waals surface area contributed by atoms with E-state index in [0.717, 1.165) is 5.76 Å². The third-order valence-corrected chi connectivity index (χ3v) is 3.41. The van der Waals surface area contributed by atoms with Crippen LogP contribution in [0, 0.1) is 0 Å². The second kappa shape index (κ2) is 4.26. The van der Waals surface area contributed by atoms with E-state index in [1.807, 2.05) is 18.2 Å². The number of para-hydroxylation sites is 2. The molecule has 2 aromatic rings. The van der Waals surface area contributed by atoms with Crippen molar-refractivity contribution in [3.05, 3.63) is 54.5 Å². The molecule has 3 heteroatoms. The van der Waals surface area contributed by atoms with Gasteiger partial charge < -0.3 is 14.2 Å². The van der Waals surface area contributed by atoms with Crippen LogP contribution in [0.4, 0.5) is 11.4 Å². The third-order valence-electron chi connectivity index (χ3n) is 3.41. The number of likely N-dealkylation sites (N-methyl/N-ethyl adjacent to an activating group) is 2. The topological polar surface area (TPSA) is 19.6 Å². The zero-order valence-electron chi connectivity index (χ0n) is 10.6. The number of furan rings is 1. The highest BCUT2D eigenvalue weighted by molar-refractivity contribution is 5.78. The van der Waals surface area contributed by atoms with Crippen LogP contribution in [0.15, 0.2) is 53.2 Å². The highest BCUT2D eigenvalue weighted by Gasteiger charge is 2.28. The lowest BCUT2D eigenvalue weighted by Crippen LogP contribution is -2.37. The smallest absolute Gasteiger partial charge is 0.126 e. The van der Waals surface area contributed by atoms with E-state index in [1.165, 1.54) is 11.4 Å². The zero-order valence-corrected chi connectivity index (χ0v) is 10.6. The van der Waals surface area contributed by atoms with Crippen molar-refractivity contribution in [1.29, 1.82) is 0 Å². The van der Waals surface area contributed by atoms with E-state index < -0.39 is 0 Å². The summed E-state index contributed by atoms with van der Waals surface area (Å²) >= 11 is 0. The predicted molar refractivity (Wildman–Crippen MR) is 74.8 cm³/mol. The molecule has 0 N–H and O–H groups in total. The van der Waals surface area contributed by atoms with Gasteiger partial charge in [-0.1, -0.05) is 12.1 Å². The van der Waals surface area contributed by atoms with Gasteiger partial charge in [0.2, 0.25) is 0 Å². The third kappa shape index (κ3) is 1.68. The summed E-state index contributed by atoms with van der Waals surface area (Å²) in [6, 6.07) is 12.3. The Labute approximate surface area is 107 Å². The van der Waals surface area contributed by atoms with E-state index in [9.17, 15) is 0 Å². The van der Waals surface area contributed by atoms with Gasteiger partial charge >= 0.3 is 0 Å². The molecule has 1 aliphatic heterocycles. The summed E-state index contributed by atoms with van der Waals surface area (Å²) in [4.78, 5) is 4.52. The van der Waals surface area contributed by atoms with Gasteiger partial charge in [-0.2, -0.15) is 0 Å². The minimum atomic E-state index is 0.229.